The van der Waals surface area contributed by atoms with E-state index in [9.17, 15) is 4.79 Å². The second-order valence-electron chi connectivity index (χ2n) is 7.37. The molecule has 31 heavy (non-hydrogen) atoms. The van der Waals surface area contributed by atoms with E-state index >= 15 is 0 Å². The molecule has 8 nitrogen and oxygen atoms in total. The zero-order chi connectivity index (χ0) is 21.8. The number of anilines is 1. The number of nitrogens with one attached hydrogen (secondary N) is 2. The molecule has 3 aromatic rings. The Balaban J connectivity index is 1.38. The first-order valence-corrected chi connectivity index (χ1v) is 10.8. The zero-order valence-corrected chi connectivity index (χ0v) is 18.6. The van der Waals surface area contributed by atoms with E-state index in [0.29, 0.717) is 33.9 Å². The van der Waals surface area contributed by atoms with Crippen LogP contribution in [0.25, 0.3) is 11.4 Å². The second kappa shape index (κ2) is 9.59. The van der Waals surface area contributed by atoms with Gasteiger partial charge in [-0.15, -0.1) is 0 Å². The van der Waals surface area contributed by atoms with Gasteiger partial charge in [-0.1, -0.05) is 17.7 Å². The first-order chi connectivity index (χ1) is 15.0. The highest BCUT2D eigenvalue weighted by atomic mass is 35.5. The first-order valence-electron chi connectivity index (χ1n) is 9.98. The van der Waals surface area contributed by atoms with E-state index in [1.807, 2.05) is 16.8 Å². The average molecular weight is 459 g/mol. The number of halogens is 1. The Hall–Kier alpha value is -2.75. The summed E-state index contributed by atoms with van der Waals surface area (Å²) in [6, 6.07) is 10.8. The molecule has 162 valence electrons. The smallest absolute Gasteiger partial charge is 0.228 e. The van der Waals surface area contributed by atoms with E-state index in [1.165, 1.54) is 0 Å². The van der Waals surface area contributed by atoms with Gasteiger partial charge < -0.3 is 10.1 Å². The number of nitrogens with zero attached hydrogens (tertiary/aromatic N) is 4. The molecule has 0 spiro atoms. The molecule has 0 radical (unpaired) electrons. The highest BCUT2D eigenvalue weighted by molar-refractivity contribution is 7.71. The second-order valence-corrected chi connectivity index (χ2v) is 8.17. The molecule has 0 saturated carbocycles. The summed E-state index contributed by atoms with van der Waals surface area (Å²) >= 11 is 11.6. The minimum Gasteiger partial charge on any atom is -0.496 e. The number of methoxy groups -OCH3 is 1. The lowest BCUT2D eigenvalue weighted by atomic mass is 9.96. The van der Waals surface area contributed by atoms with Crippen LogP contribution in [0.1, 0.15) is 12.8 Å². The number of likely N-dealkylation sites (tertiary alicyclic amines) is 1. The van der Waals surface area contributed by atoms with Crippen LogP contribution >= 0.6 is 23.8 Å². The molecule has 2 N–H and O–H groups in total. The fourth-order valence-corrected chi connectivity index (χ4v) is 4.01. The minimum atomic E-state index is -0.0284. The number of aromatic nitrogens is 4. The summed E-state index contributed by atoms with van der Waals surface area (Å²) in [6.45, 7) is 2.15. The predicted molar refractivity (Wildman–Crippen MR) is 122 cm³/mol. The lowest BCUT2D eigenvalue weighted by Crippen LogP contribution is -2.39. The van der Waals surface area contributed by atoms with Crippen LogP contribution in [0.5, 0.6) is 5.75 Å². The fraction of sp³-hybridized carbons (Fsp3) is 0.333. The van der Waals surface area contributed by atoms with Crippen molar-refractivity contribution in [3.8, 4) is 17.1 Å². The number of H-pyrrole nitrogens is 1. The van der Waals surface area contributed by atoms with Crippen LogP contribution in [0.3, 0.4) is 0 Å². The van der Waals surface area contributed by atoms with Crippen molar-refractivity contribution in [2.75, 3.05) is 25.5 Å². The third-order valence-electron chi connectivity index (χ3n) is 5.31. The van der Waals surface area contributed by atoms with Crippen molar-refractivity contribution < 1.29 is 9.53 Å². The number of carbonyl (C=O) groups is 1. The first kappa shape index (κ1) is 21.5. The van der Waals surface area contributed by atoms with Gasteiger partial charge in [-0.25, -0.2) is 9.67 Å². The molecule has 0 aliphatic carbocycles. The maximum absolute atomic E-state index is 12.5. The van der Waals surface area contributed by atoms with Crippen LogP contribution < -0.4 is 10.1 Å². The van der Waals surface area contributed by atoms with Crippen molar-refractivity contribution in [3.63, 3.8) is 0 Å². The summed E-state index contributed by atoms with van der Waals surface area (Å²) in [6.07, 6.45) is 3.21. The van der Waals surface area contributed by atoms with Crippen molar-refractivity contribution in [1.82, 2.24) is 24.6 Å². The number of aromatic amines is 1. The highest BCUT2D eigenvalue weighted by Crippen LogP contribution is 2.30. The van der Waals surface area contributed by atoms with Crippen molar-refractivity contribution in [2.45, 2.75) is 19.5 Å². The normalized spacial score (nSPS) is 15.0. The summed E-state index contributed by atoms with van der Waals surface area (Å²) in [4.78, 5) is 23.4. The summed E-state index contributed by atoms with van der Waals surface area (Å²) in [5.41, 5.74) is 0.754. The lowest BCUT2D eigenvalue weighted by molar-refractivity contribution is -0.121. The number of hydrogen-bond acceptors (Lipinski definition) is 6. The molecular formula is C21H23ClN6O2S. The Morgan fingerprint density at radius 3 is 2.84 bits per heavy atom. The number of hydrogen-bond donors (Lipinski definition) is 2. The SMILES string of the molecule is COc1ccc(Cl)cc1-c1nc(=S)n(CN2CCC(C(=O)Nc3ccccn3)CC2)[nH]1. The van der Waals surface area contributed by atoms with Crippen molar-refractivity contribution in [3.05, 3.63) is 52.4 Å². The summed E-state index contributed by atoms with van der Waals surface area (Å²) < 4.78 is 7.69. The third-order valence-corrected chi connectivity index (χ3v) is 5.86. The van der Waals surface area contributed by atoms with Crippen molar-refractivity contribution in [1.29, 1.82) is 0 Å². The van der Waals surface area contributed by atoms with E-state index in [-0.39, 0.29) is 11.8 Å². The molecule has 0 bridgehead atoms. The largest absolute Gasteiger partial charge is 0.496 e. The van der Waals surface area contributed by atoms with Crippen LogP contribution in [0, 0.1) is 10.7 Å². The molecule has 3 heterocycles. The van der Waals surface area contributed by atoms with Gasteiger partial charge in [-0.2, -0.15) is 4.98 Å². The van der Waals surface area contributed by atoms with Crippen LogP contribution in [-0.2, 0) is 11.5 Å². The topological polar surface area (TPSA) is 88.1 Å². The van der Waals surface area contributed by atoms with Gasteiger partial charge in [0, 0.05) is 30.2 Å². The molecule has 1 fully saturated rings. The monoisotopic (exact) mass is 458 g/mol. The van der Waals surface area contributed by atoms with Gasteiger partial charge in [0.2, 0.25) is 10.7 Å². The molecule has 1 aliphatic rings. The number of carbonyl (C=O) groups excluding carboxylic acids is 1. The van der Waals surface area contributed by atoms with E-state index < -0.39 is 0 Å². The predicted octanol–water partition coefficient (Wildman–Crippen LogP) is 3.97. The number of amides is 1. The molecule has 1 amide bonds. The van der Waals surface area contributed by atoms with E-state index in [4.69, 9.17) is 28.6 Å². The Morgan fingerprint density at radius 1 is 1.32 bits per heavy atom. The number of benzene rings is 1. The van der Waals surface area contributed by atoms with Gasteiger partial charge in [-0.05, 0) is 55.4 Å². The summed E-state index contributed by atoms with van der Waals surface area (Å²) in [7, 11) is 1.60. The van der Waals surface area contributed by atoms with Gasteiger partial charge in [0.25, 0.3) is 0 Å². The van der Waals surface area contributed by atoms with Crippen molar-refractivity contribution in [2.24, 2.45) is 5.92 Å². The quantitative estimate of drug-likeness (QED) is 0.543. The minimum absolute atomic E-state index is 0.0202. The molecule has 0 unspecified atom stereocenters. The molecule has 10 heteroatoms. The molecule has 2 aromatic heterocycles. The highest BCUT2D eigenvalue weighted by Gasteiger charge is 2.25. The number of rotatable bonds is 6. The maximum atomic E-state index is 12.5. The summed E-state index contributed by atoms with van der Waals surface area (Å²) in [5, 5.41) is 6.73. The van der Waals surface area contributed by atoms with Crippen LogP contribution in [0.15, 0.2) is 42.6 Å². The van der Waals surface area contributed by atoms with Crippen molar-refractivity contribution >= 4 is 35.5 Å². The standard InChI is InChI=1S/C21H23ClN6O2S/c1-30-17-6-5-15(22)12-16(17)19-25-21(31)28(26-19)13-27-10-7-14(8-11-27)20(29)24-18-4-2-3-9-23-18/h2-6,9,12,14H,7-8,10-11,13H2,1H3,(H,23,24,29)(H,25,26,31). The van der Waals surface area contributed by atoms with Gasteiger partial charge in [-0.3, -0.25) is 14.8 Å². The third kappa shape index (κ3) is 5.12. The fourth-order valence-electron chi connectivity index (χ4n) is 3.64. The number of pyridine rings is 1. The van der Waals surface area contributed by atoms with Gasteiger partial charge >= 0.3 is 0 Å². The molecule has 1 aliphatic heterocycles. The number of piperidine rings is 1. The number of ether oxygens (including phenoxy) is 1. The van der Waals surface area contributed by atoms with Gasteiger partial charge in [0.1, 0.15) is 11.6 Å². The molecule has 1 saturated heterocycles. The maximum Gasteiger partial charge on any atom is 0.228 e. The molecular weight excluding hydrogens is 436 g/mol. The molecule has 1 aromatic carbocycles. The van der Waals surface area contributed by atoms with E-state index in [2.05, 4.69) is 25.3 Å². The van der Waals surface area contributed by atoms with E-state index in [1.54, 1.807) is 37.6 Å². The molecule has 4 rings (SSSR count). The van der Waals surface area contributed by atoms with E-state index in [0.717, 1.165) is 31.5 Å². The zero-order valence-electron chi connectivity index (χ0n) is 17.0. The Labute approximate surface area is 190 Å². The Morgan fingerprint density at radius 2 is 2.13 bits per heavy atom. The van der Waals surface area contributed by atoms with Crippen LogP contribution in [0.2, 0.25) is 5.02 Å². The average Bonchev–Trinajstić information content (AvgIpc) is 3.15. The molecule has 0 atom stereocenters. The Kier molecular flexibility index (Phi) is 6.64. The Bertz CT molecular complexity index is 1110. The van der Waals surface area contributed by atoms with Gasteiger partial charge in [0.05, 0.1) is 19.3 Å². The summed E-state index contributed by atoms with van der Waals surface area (Å²) in [5.74, 6) is 1.85. The van der Waals surface area contributed by atoms with Crippen LogP contribution in [0.4, 0.5) is 5.82 Å². The lowest BCUT2D eigenvalue weighted by Gasteiger charge is -2.31. The van der Waals surface area contributed by atoms with Gasteiger partial charge in [0.15, 0.2) is 5.82 Å². The van der Waals surface area contributed by atoms with Crippen LogP contribution in [-0.4, -0.2) is 50.8 Å².